The molecule has 126 valence electrons. The molecule has 8 nitrogen and oxygen atoms in total. The number of carbonyl (C=O) groups is 1. The van der Waals surface area contributed by atoms with Crippen molar-refractivity contribution in [1.82, 2.24) is 20.0 Å². The highest BCUT2D eigenvalue weighted by atomic mass is 35.5. The topological polar surface area (TPSA) is 110 Å². The summed E-state index contributed by atoms with van der Waals surface area (Å²) in [4.78, 5) is 14.0. The molecule has 1 saturated heterocycles. The van der Waals surface area contributed by atoms with E-state index in [4.69, 9.17) is 5.14 Å². The largest absolute Gasteiger partial charge is 0.340 e. The lowest BCUT2D eigenvalue weighted by molar-refractivity contribution is -0.133. The molecule has 10 heteroatoms. The summed E-state index contributed by atoms with van der Waals surface area (Å²) >= 11 is 0. The molecule has 0 aromatic carbocycles. The molecule has 1 aliphatic heterocycles. The Morgan fingerprint density at radius 3 is 2.50 bits per heavy atom. The predicted octanol–water partition coefficient (Wildman–Crippen LogP) is -0.449. The second-order valence-corrected chi connectivity index (χ2v) is 7.06. The Morgan fingerprint density at radius 1 is 1.41 bits per heavy atom. The van der Waals surface area contributed by atoms with Crippen LogP contribution >= 0.6 is 12.4 Å². The van der Waals surface area contributed by atoms with Crippen molar-refractivity contribution < 1.29 is 13.2 Å². The predicted molar refractivity (Wildman–Crippen MR) is 84.1 cm³/mol. The van der Waals surface area contributed by atoms with Crippen LogP contribution in [0, 0.1) is 0 Å². The van der Waals surface area contributed by atoms with E-state index in [1.54, 1.807) is 0 Å². The van der Waals surface area contributed by atoms with Crippen molar-refractivity contribution in [2.24, 2.45) is 5.14 Å². The SMILES string of the molecule is CC1CN(C(=O)CCn2cc(S(N)(=O)=O)cn2)CC(C)N1.Cl. The molecule has 1 aromatic heterocycles. The number of halogens is 1. The summed E-state index contributed by atoms with van der Waals surface area (Å²) in [6.07, 6.45) is 2.81. The van der Waals surface area contributed by atoms with Crippen LogP contribution in [-0.2, 0) is 21.4 Å². The fraction of sp³-hybridized carbons (Fsp3) is 0.667. The molecule has 0 radical (unpaired) electrons. The summed E-state index contributed by atoms with van der Waals surface area (Å²) in [5.74, 6) is 0.0443. The summed E-state index contributed by atoms with van der Waals surface area (Å²) in [5, 5.41) is 12.3. The van der Waals surface area contributed by atoms with E-state index >= 15 is 0 Å². The summed E-state index contributed by atoms with van der Waals surface area (Å²) < 4.78 is 23.7. The van der Waals surface area contributed by atoms with Gasteiger partial charge in [-0.05, 0) is 13.8 Å². The standard InChI is InChI=1S/C12H21N5O3S.ClH/c1-9-6-16(7-10(2)15-9)12(18)3-4-17-8-11(5-14-17)21(13,19)20;/h5,8-10,15H,3-4,6-7H2,1-2H3,(H2,13,19,20);1H. The summed E-state index contributed by atoms with van der Waals surface area (Å²) in [6, 6.07) is 0.549. The van der Waals surface area contributed by atoms with Crippen LogP contribution in [0.25, 0.3) is 0 Å². The van der Waals surface area contributed by atoms with E-state index in [2.05, 4.69) is 10.4 Å². The Bertz CT molecular complexity index is 608. The Kier molecular flexibility index (Phi) is 6.36. The highest BCUT2D eigenvalue weighted by molar-refractivity contribution is 7.89. The van der Waals surface area contributed by atoms with Gasteiger partial charge in [-0.1, -0.05) is 0 Å². The average Bonchev–Trinajstić information content (AvgIpc) is 2.83. The van der Waals surface area contributed by atoms with Crippen molar-refractivity contribution in [2.45, 2.75) is 43.8 Å². The molecule has 22 heavy (non-hydrogen) atoms. The molecule has 3 N–H and O–H groups in total. The highest BCUT2D eigenvalue weighted by Crippen LogP contribution is 2.08. The molecular formula is C12H22ClN5O3S. The second kappa shape index (κ2) is 7.40. The first-order valence-electron chi connectivity index (χ1n) is 6.85. The molecule has 0 saturated carbocycles. The quantitative estimate of drug-likeness (QED) is 0.763. The van der Waals surface area contributed by atoms with E-state index in [0.717, 1.165) is 0 Å². The van der Waals surface area contributed by atoms with Crippen LogP contribution in [0.3, 0.4) is 0 Å². The molecule has 2 heterocycles. The minimum atomic E-state index is -3.74. The molecule has 0 spiro atoms. The first-order valence-corrected chi connectivity index (χ1v) is 8.39. The van der Waals surface area contributed by atoms with Gasteiger partial charge < -0.3 is 10.2 Å². The van der Waals surface area contributed by atoms with Gasteiger partial charge in [0.25, 0.3) is 0 Å². The molecule has 1 aromatic rings. The monoisotopic (exact) mass is 351 g/mol. The lowest BCUT2D eigenvalue weighted by atomic mass is 10.1. The third-order valence-corrected chi connectivity index (χ3v) is 4.27. The van der Waals surface area contributed by atoms with Crippen LogP contribution in [0.4, 0.5) is 0 Å². The molecule has 2 atom stereocenters. The van der Waals surface area contributed by atoms with Crippen molar-refractivity contribution in [1.29, 1.82) is 0 Å². The van der Waals surface area contributed by atoms with Gasteiger partial charge in [-0.25, -0.2) is 13.6 Å². The lowest BCUT2D eigenvalue weighted by Gasteiger charge is -2.36. The third-order valence-electron chi connectivity index (χ3n) is 3.40. The van der Waals surface area contributed by atoms with Crippen LogP contribution < -0.4 is 10.5 Å². The average molecular weight is 352 g/mol. The maximum absolute atomic E-state index is 12.2. The van der Waals surface area contributed by atoms with Gasteiger partial charge in [0.1, 0.15) is 4.90 Å². The summed E-state index contributed by atoms with van der Waals surface area (Å²) in [7, 11) is -3.74. The summed E-state index contributed by atoms with van der Waals surface area (Å²) in [5.41, 5.74) is 0. The van der Waals surface area contributed by atoms with E-state index in [-0.39, 0.29) is 41.7 Å². The van der Waals surface area contributed by atoms with Gasteiger partial charge >= 0.3 is 0 Å². The van der Waals surface area contributed by atoms with Gasteiger partial charge in [0, 0.05) is 44.3 Å². The maximum atomic E-state index is 12.2. The third kappa shape index (κ3) is 4.94. The number of sulfonamides is 1. The number of carbonyl (C=O) groups excluding carboxylic acids is 1. The van der Waals surface area contributed by atoms with E-state index in [1.807, 2.05) is 18.7 Å². The lowest BCUT2D eigenvalue weighted by Crippen LogP contribution is -2.55. The number of amides is 1. The zero-order valence-corrected chi connectivity index (χ0v) is 14.2. The number of aromatic nitrogens is 2. The molecule has 1 aliphatic rings. The number of rotatable bonds is 4. The minimum absolute atomic E-state index is 0. The number of aryl methyl sites for hydroxylation is 1. The van der Waals surface area contributed by atoms with Crippen LogP contribution in [0.1, 0.15) is 20.3 Å². The fourth-order valence-corrected chi connectivity index (χ4v) is 2.98. The van der Waals surface area contributed by atoms with Gasteiger partial charge in [-0.2, -0.15) is 5.10 Å². The number of primary sulfonamides is 1. The zero-order valence-electron chi connectivity index (χ0n) is 12.6. The van der Waals surface area contributed by atoms with Gasteiger partial charge in [0.05, 0.1) is 6.20 Å². The van der Waals surface area contributed by atoms with Gasteiger partial charge in [0.2, 0.25) is 15.9 Å². The minimum Gasteiger partial charge on any atom is -0.340 e. The van der Waals surface area contributed by atoms with Crippen LogP contribution in [-0.4, -0.2) is 54.2 Å². The molecule has 0 bridgehead atoms. The Morgan fingerprint density at radius 2 is 2.00 bits per heavy atom. The van der Waals surface area contributed by atoms with Crippen LogP contribution in [0.15, 0.2) is 17.3 Å². The number of nitrogens with one attached hydrogen (secondary N) is 1. The summed E-state index contributed by atoms with van der Waals surface area (Å²) in [6.45, 7) is 5.79. The van der Waals surface area contributed by atoms with E-state index < -0.39 is 10.0 Å². The number of nitrogens with zero attached hydrogens (tertiary/aromatic N) is 3. The van der Waals surface area contributed by atoms with Gasteiger partial charge in [0.15, 0.2) is 0 Å². The van der Waals surface area contributed by atoms with E-state index in [1.165, 1.54) is 17.1 Å². The smallest absolute Gasteiger partial charge is 0.241 e. The van der Waals surface area contributed by atoms with Crippen LogP contribution in [0.5, 0.6) is 0 Å². The molecule has 2 rings (SSSR count). The molecule has 1 amide bonds. The fourth-order valence-electron chi connectivity index (χ4n) is 2.51. The highest BCUT2D eigenvalue weighted by Gasteiger charge is 2.24. The number of hydrogen-bond acceptors (Lipinski definition) is 5. The first-order chi connectivity index (χ1) is 9.75. The van der Waals surface area contributed by atoms with Crippen molar-refractivity contribution in [3.8, 4) is 0 Å². The Balaban J connectivity index is 0.00000242. The Hall–Kier alpha value is -1.16. The molecule has 2 unspecified atom stereocenters. The Labute approximate surface area is 136 Å². The molecular weight excluding hydrogens is 330 g/mol. The van der Waals surface area contributed by atoms with Gasteiger partial charge in [-0.3, -0.25) is 9.48 Å². The first kappa shape index (κ1) is 18.9. The normalized spacial score (nSPS) is 22.2. The number of nitrogens with two attached hydrogens (primary N) is 1. The van der Waals surface area contributed by atoms with Crippen LogP contribution in [0.2, 0.25) is 0 Å². The zero-order chi connectivity index (χ0) is 15.6. The van der Waals surface area contributed by atoms with Crippen molar-refractivity contribution >= 4 is 28.3 Å². The van der Waals surface area contributed by atoms with Gasteiger partial charge in [-0.15, -0.1) is 12.4 Å². The van der Waals surface area contributed by atoms with Crippen molar-refractivity contribution in [3.05, 3.63) is 12.4 Å². The maximum Gasteiger partial charge on any atom is 0.241 e. The molecule has 1 fully saturated rings. The molecule has 0 aliphatic carbocycles. The second-order valence-electron chi connectivity index (χ2n) is 5.50. The van der Waals surface area contributed by atoms with E-state index in [0.29, 0.717) is 19.6 Å². The van der Waals surface area contributed by atoms with Crippen molar-refractivity contribution in [2.75, 3.05) is 13.1 Å². The number of piperazine rings is 1. The number of hydrogen-bond donors (Lipinski definition) is 2. The van der Waals surface area contributed by atoms with Crippen molar-refractivity contribution in [3.63, 3.8) is 0 Å². The van der Waals surface area contributed by atoms with E-state index in [9.17, 15) is 13.2 Å².